The Balaban J connectivity index is 1.27. The number of Topliss-reactive ketones (excluding diaryl/α,β-unsaturated/α-hetero) is 1. The molecule has 1 aromatic carbocycles. The summed E-state index contributed by atoms with van der Waals surface area (Å²) in [6.45, 7) is 2.35. The van der Waals surface area contributed by atoms with Crippen LogP contribution < -0.4 is 0 Å². The molecule has 4 aliphatic rings. The largest absolute Gasteiger partial charge is 0.373 e. The molecule has 1 unspecified atom stereocenters. The van der Waals surface area contributed by atoms with Crippen LogP contribution in [0.2, 0.25) is 0 Å². The Morgan fingerprint density at radius 2 is 1.77 bits per heavy atom. The van der Waals surface area contributed by atoms with E-state index in [1.807, 2.05) is 24.3 Å². The number of fused-ring (bicyclic) bond motifs is 2. The first-order chi connectivity index (χ1) is 12.7. The zero-order valence-electron chi connectivity index (χ0n) is 15.1. The molecule has 0 N–H and O–H groups in total. The maximum absolute atomic E-state index is 12.5. The minimum Gasteiger partial charge on any atom is -0.373 e. The molecule has 136 valence electrons. The number of amides is 1. The molecular formula is C22H25NO3. The molecule has 2 fully saturated rings. The van der Waals surface area contributed by atoms with E-state index in [-0.39, 0.29) is 11.9 Å². The Hall–Kier alpha value is -1.94. The van der Waals surface area contributed by atoms with Crippen LogP contribution in [-0.4, -0.2) is 42.4 Å². The van der Waals surface area contributed by atoms with Crippen molar-refractivity contribution in [2.45, 2.75) is 44.6 Å². The Labute approximate surface area is 154 Å². The molecule has 0 bridgehead atoms. The van der Waals surface area contributed by atoms with Crippen LogP contribution in [0.3, 0.4) is 0 Å². The first kappa shape index (κ1) is 16.2. The fraction of sp³-hybridized carbons (Fsp3) is 0.545. The van der Waals surface area contributed by atoms with Crippen LogP contribution in [0.5, 0.6) is 0 Å². The van der Waals surface area contributed by atoms with Gasteiger partial charge >= 0.3 is 0 Å². The van der Waals surface area contributed by atoms with Gasteiger partial charge in [-0.05, 0) is 49.2 Å². The lowest BCUT2D eigenvalue weighted by molar-refractivity contribution is -0.134. The quantitative estimate of drug-likeness (QED) is 0.820. The van der Waals surface area contributed by atoms with E-state index in [4.69, 9.17) is 4.74 Å². The van der Waals surface area contributed by atoms with Gasteiger partial charge in [-0.1, -0.05) is 29.8 Å². The van der Waals surface area contributed by atoms with Gasteiger partial charge in [-0.15, -0.1) is 0 Å². The first-order valence-electron chi connectivity index (χ1n) is 9.94. The van der Waals surface area contributed by atoms with E-state index < -0.39 is 0 Å². The molecule has 2 aliphatic heterocycles. The summed E-state index contributed by atoms with van der Waals surface area (Å²) in [5.41, 5.74) is 4.43. The molecular weight excluding hydrogens is 326 g/mol. The molecule has 0 spiro atoms. The lowest BCUT2D eigenvalue weighted by Crippen LogP contribution is -2.43. The second-order valence-corrected chi connectivity index (χ2v) is 8.22. The van der Waals surface area contributed by atoms with E-state index in [9.17, 15) is 9.59 Å². The minimum absolute atomic E-state index is 0.199. The van der Waals surface area contributed by atoms with Gasteiger partial charge in [-0.2, -0.15) is 0 Å². The third-order valence-electron chi connectivity index (χ3n) is 6.55. The fourth-order valence-electron chi connectivity index (χ4n) is 4.83. The van der Waals surface area contributed by atoms with Crippen molar-refractivity contribution in [3.63, 3.8) is 0 Å². The lowest BCUT2D eigenvalue weighted by Gasteiger charge is -2.39. The van der Waals surface area contributed by atoms with Gasteiger partial charge in [-0.25, -0.2) is 0 Å². The number of nitrogens with zero attached hydrogens (tertiary/aromatic N) is 1. The van der Waals surface area contributed by atoms with Crippen molar-refractivity contribution in [3.8, 4) is 0 Å². The summed E-state index contributed by atoms with van der Waals surface area (Å²) in [6.07, 6.45) is 5.83. The Kier molecular flexibility index (Phi) is 3.96. The molecule has 1 amide bonds. The van der Waals surface area contributed by atoms with Crippen molar-refractivity contribution in [2.24, 2.45) is 11.8 Å². The molecule has 0 radical (unpaired) electrons. The third-order valence-corrected chi connectivity index (χ3v) is 6.55. The van der Waals surface area contributed by atoms with Crippen molar-refractivity contribution in [2.75, 3.05) is 19.7 Å². The minimum atomic E-state index is 0.199. The predicted molar refractivity (Wildman–Crippen MR) is 98.7 cm³/mol. The summed E-state index contributed by atoms with van der Waals surface area (Å²) in [6, 6.07) is 7.92. The summed E-state index contributed by atoms with van der Waals surface area (Å²) in [4.78, 5) is 26.8. The fourth-order valence-corrected chi connectivity index (χ4v) is 4.83. The number of rotatable bonds is 2. The SMILES string of the molecule is O=C1CC2=C(COC(C3CCN(C(=O)C4CC4)CC3)C2)c2ccccc21. The van der Waals surface area contributed by atoms with Crippen LogP contribution in [-0.2, 0) is 9.53 Å². The maximum Gasteiger partial charge on any atom is 0.225 e. The molecule has 2 aliphatic carbocycles. The molecule has 4 nitrogen and oxygen atoms in total. The Bertz CT molecular complexity index is 784. The van der Waals surface area contributed by atoms with Gasteiger partial charge in [0.15, 0.2) is 5.78 Å². The van der Waals surface area contributed by atoms with Crippen molar-refractivity contribution < 1.29 is 14.3 Å². The molecule has 0 aromatic heterocycles. The first-order valence-corrected chi connectivity index (χ1v) is 9.94. The van der Waals surface area contributed by atoms with Crippen LogP contribution in [0, 0.1) is 11.8 Å². The van der Waals surface area contributed by atoms with Crippen molar-refractivity contribution in [1.82, 2.24) is 4.90 Å². The van der Waals surface area contributed by atoms with Crippen LogP contribution in [0.1, 0.15) is 54.4 Å². The molecule has 5 rings (SSSR count). The van der Waals surface area contributed by atoms with Gasteiger partial charge in [0, 0.05) is 31.0 Å². The molecule has 1 aromatic rings. The van der Waals surface area contributed by atoms with Gasteiger partial charge in [-0.3, -0.25) is 9.59 Å². The van der Waals surface area contributed by atoms with Crippen molar-refractivity contribution in [1.29, 1.82) is 0 Å². The van der Waals surface area contributed by atoms with Crippen LogP contribution >= 0.6 is 0 Å². The standard InChI is InChI=1S/C22H25NO3/c24-20-11-16-12-21(26-13-19(16)17-3-1-2-4-18(17)20)14-7-9-23(10-8-14)22(25)15-5-6-15/h1-4,14-15,21H,5-13H2. The predicted octanol–water partition coefficient (Wildman–Crippen LogP) is 3.46. The van der Waals surface area contributed by atoms with Crippen LogP contribution in [0.15, 0.2) is 29.8 Å². The molecule has 26 heavy (non-hydrogen) atoms. The van der Waals surface area contributed by atoms with E-state index in [0.717, 1.165) is 56.3 Å². The Morgan fingerprint density at radius 1 is 1.04 bits per heavy atom. The second kappa shape index (κ2) is 6.34. The van der Waals surface area contributed by atoms with Gasteiger partial charge in [0.2, 0.25) is 5.91 Å². The molecule has 2 heterocycles. The zero-order chi connectivity index (χ0) is 17.7. The van der Waals surface area contributed by atoms with Crippen molar-refractivity contribution in [3.05, 3.63) is 41.0 Å². The average molecular weight is 351 g/mol. The number of piperidine rings is 1. The normalized spacial score (nSPS) is 26.5. The summed E-state index contributed by atoms with van der Waals surface area (Å²) < 4.78 is 6.26. The molecule has 1 saturated heterocycles. The molecule has 1 atom stereocenters. The number of carbonyl (C=O) groups excluding carboxylic acids is 2. The van der Waals surface area contributed by atoms with Crippen LogP contribution in [0.25, 0.3) is 5.57 Å². The smallest absolute Gasteiger partial charge is 0.225 e. The maximum atomic E-state index is 12.5. The number of ketones is 1. The Morgan fingerprint density at radius 3 is 2.50 bits per heavy atom. The second-order valence-electron chi connectivity index (χ2n) is 8.22. The molecule has 4 heteroatoms. The lowest BCUT2D eigenvalue weighted by atomic mass is 9.78. The van der Waals surface area contributed by atoms with Crippen molar-refractivity contribution >= 4 is 17.3 Å². The average Bonchev–Trinajstić information content (AvgIpc) is 3.53. The van der Waals surface area contributed by atoms with E-state index in [0.29, 0.717) is 30.8 Å². The topological polar surface area (TPSA) is 46.6 Å². The highest BCUT2D eigenvalue weighted by Crippen LogP contribution is 2.40. The van der Waals surface area contributed by atoms with Gasteiger partial charge in [0.05, 0.1) is 12.7 Å². The van der Waals surface area contributed by atoms with E-state index in [1.54, 1.807) is 0 Å². The summed E-state index contributed by atoms with van der Waals surface area (Å²) in [5, 5.41) is 0. The number of ether oxygens (including phenoxy) is 1. The van der Waals surface area contributed by atoms with Crippen LogP contribution in [0.4, 0.5) is 0 Å². The number of carbonyl (C=O) groups is 2. The third kappa shape index (κ3) is 2.81. The zero-order valence-corrected chi connectivity index (χ0v) is 15.1. The number of hydrogen-bond acceptors (Lipinski definition) is 3. The summed E-state index contributed by atoms with van der Waals surface area (Å²) in [7, 11) is 0. The van der Waals surface area contributed by atoms with Gasteiger partial charge in [0.1, 0.15) is 0 Å². The molecule has 1 saturated carbocycles. The number of likely N-dealkylation sites (tertiary alicyclic amines) is 1. The van der Waals surface area contributed by atoms with E-state index in [1.165, 1.54) is 11.1 Å². The highest BCUT2D eigenvalue weighted by atomic mass is 16.5. The number of benzene rings is 1. The van der Waals surface area contributed by atoms with E-state index in [2.05, 4.69) is 4.90 Å². The van der Waals surface area contributed by atoms with Gasteiger partial charge in [0.25, 0.3) is 0 Å². The summed E-state index contributed by atoms with van der Waals surface area (Å²) >= 11 is 0. The van der Waals surface area contributed by atoms with E-state index >= 15 is 0 Å². The summed E-state index contributed by atoms with van der Waals surface area (Å²) in [5.74, 6) is 1.43. The monoisotopic (exact) mass is 351 g/mol. The van der Waals surface area contributed by atoms with Gasteiger partial charge < -0.3 is 9.64 Å². The highest BCUT2D eigenvalue weighted by molar-refractivity contribution is 6.06. The highest BCUT2D eigenvalue weighted by Gasteiger charge is 2.38. The number of hydrogen-bond donors (Lipinski definition) is 0.